The average molecular weight is 636 g/mol. The Balaban J connectivity index is 1.31. The second kappa shape index (κ2) is 11.4. The van der Waals surface area contributed by atoms with Gasteiger partial charge in [-0.25, -0.2) is 4.85 Å². The van der Waals surface area contributed by atoms with Gasteiger partial charge in [0.25, 0.3) is 0 Å². The fourth-order valence-electron chi connectivity index (χ4n) is 7.51. The van der Waals surface area contributed by atoms with E-state index in [4.69, 9.17) is 6.57 Å². The van der Waals surface area contributed by atoms with Crippen molar-refractivity contribution >= 4 is 49.3 Å². The van der Waals surface area contributed by atoms with E-state index < -0.39 is 0 Å². The molecule has 0 aliphatic heterocycles. The summed E-state index contributed by atoms with van der Waals surface area (Å²) in [6.07, 6.45) is 0. The van der Waals surface area contributed by atoms with Crippen LogP contribution in [0.3, 0.4) is 0 Å². The Hall–Kier alpha value is -7.39. The summed E-state index contributed by atoms with van der Waals surface area (Å²) < 4.78 is 4.39. The summed E-state index contributed by atoms with van der Waals surface area (Å²) in [5, 5.41) is 24.8. The molecule has 0 radical (unpaired) electrons. The van der Waals surface area contributed by atoms with Crippen molar-refractivity contribution in [2.24, 2.45) is 0 Å². The lowest BCUT2D eigenvalue weighted by atomic mass is 9.90. The zero-order chi connectivity index (χ0) is 33.8. The molecule has 0 amide bonds. The summed E-state index contributed by atoms with van der Waals surface area (Å²) in [4.78, 5) is 3.70. The zero-order valence-electron chi connectivity index (χ0n) is 26.7. The van der Waals surface area contributed by atoms with E-state index in [1.165, 1.54) is 10.8 Å². The first-order valence-corrected chi connectivity index (χ1v) is 16.3. The SMILES string of the molecule is [C-]#[N+]c1ccc2c3cc(C#N)ccc3n(-c3cccc(-c4ccccc4-c4ccccc4-n4c5ccccc5c5ccccc54)c3C#N)c2c1. The first-order chi connectivity index (χ1) is 24.7. The Bertz CT molecular complexity index is 2920. The second-order valence-corrected chi connectivity index (χ2v) is 12.2. The van der Waals surface area contributed by atoms with E-state index in [0.29, 0.717) is 22.5 Å². The first-order valence-electron chi connectivity index (χ1n) is 16.3. The minimum absolute atomic E-state index is 0.503. The van der Waals surface area contributed by atoms with Gasteiger partial charge in [-0.1, -0.05) is 103 Å². The molecule has 0 unspecified atom stereocenters. The number of fused-ring (bicyclic) bond motifs is 6. The van der Waals surface area contributed by atoms with E-state index in [1.807, 2.05) is 54.6 Å². The predicted molar refractivity (Wildman–Crippen MR) is 202 cm³/mol. The van der Waals surface area contributed by atoms with Crippen molar-refractivity contribution in [3.8, 4) is 45.8 Å². The molecule has 230 valence electrons. The molecule has 9 aromatic rings. The molecule has 0 bridgehead atoms. The number of benzene rings is 7. The van der Waals surface area contributed by atoms with E-state index in [2.05, 4.69) is 111 Å². The number of nitrogens with zero attached hydrogens (tertiary/aromatic N) is 5. The lowest BCUT2D eigenvalue weighted by Crippen LogP contribution is -2.01. The number of hydrogen-bond acceptors (Lipinski definition) is 2. The maximum Gasteiger partial charge on any atom is 0.189 e. The molecule has 50 heavy (non-hydrogen) atoms. The molecule has 0 N–H and O–H groups in total. The molecule has 0 aliphatic rings. The number of rotatable bonds is 4. The molecule has 0 fully saturated rings. The van der Waals surface area contributed by atoms with Crippen molar-refractivity contribution in [1.29, 1.82) is 10.5 Å². The smallest absolute Gasteiger partial charge is 0.189 e. The molecule has 0 spiro atoms. The van der Waals surface area contributed by atoms with Crippen LogP contribution in [0.25, 0.3) is 82.1 Å². The lowest BCUT2D eigenvalue weighted by molar-refractivity contribution is 1.17. The Kier molecular flexibility index (Phi) is 6.56. The van der Waals surface area contributed by atoms with Crippen LogP contribution >= 0.6 is 0 Å². The molecular weight excluding hydrogens is 611 g/mol. The Labute approximate surface area is 288 Å². The van der Waals surface area contributed by atoms with Crippen LogP contribution in [0.15, 0.2) is 152 Å². The van der Waals surface area contributed by atoms with Crippen molar-refractivity contribution < 1.29 is 0 Å². The highest BCUT2D eigenvalue weighted by molar-refractivity contribution is 6.11. The van der Waals surface area contributed by atoms with Gasteiger partial charge in [-0.15, -0.1) is 0 Å². The molecule has 5 heteroatoms. The minimum atomic E-state index is 0.503. The normalized spacial score (nSPS) is 11.1. The van der Waals surface area contributed by atoms with Gasteiger partial charge in [-0.3, -0.25) is 0 Å². The van der Waals surface area contributed by atoms with Crippen molar-refractivity contribution in [3.63, 3.8) is 0 Å². The molecule has 5 nitrogen and oxygen atoms in total. The van der Waals surface area contributed by atoms with Crippen molar-refractivity contribution in [3.05, 3.63) is 174 Å². The number of nitriles is 2. The molecular formula is C45H25N5. The van der Waals surface area contributed by atoms with Crippen LogP contribution in [0.1, 0.15) is 11.1 Å². The van der Waals surface area contributed by atoms with Crippen LogP contribution in [0.2, 0.25) is 0 Å². The first kappa shape index (κ1) is 28.8. The van der Waals surface area contributed by atoms with Gasteiger partial charge in [-0.05, 0) is 59.7 Å². The van der Waals surface area contributed by atoms with Crippen LogP contribution in [-0.4, -0.2) is 9.13 Å². The Morgan fingerprint density at radius 1 is 0.440 bits per heavy atom. The molecule has 0 saturated heterocycles. The predicted octanol–water partition coefficient (Wildman–Crippen LogP) is 11.5. The van der Waals surface area contributed by atoms with E-state index in [0.717, 1.165) is 60.8 Å². The molecule has 0 atom stereocenters. The second-order valence-electron chi connectivity index (χ2n) is 12.2. The molecule has 7 aromatic carbocycles. The summed E-state index contributed by atoms with van der Waals surface area (Å²) in [5.41, 5.74) is 11.1. The molecule has 0 saturated carbocycles. The van der Waals surface area contributed by atoms with E-state index in [9.17, 15) is 10.5 Å². The van der Waals surface area contributed by atoms with Crippen molar-refractivity contribution in [2.45, 2.75) is 0 Å². The van der Waals surface area contributed by atoms with Gasteiger partial charge in [0.2, 0.25) is 0 Å². The number of hydrogen-bond donors (Lipinski definition) is 0. The highest BCUT2D eigenvalue weighted by Crippen LogP contribution is 2.42. The third kappa shape index (κ3) is 4.24. The zero-order valence-corrected chi connectivity index (χ0v) is 26.7. The number of para-hydroxylation sites is 3. The quantitative estimate of drug-likeness (QED) is 0.181. The van der Waals surface area contributed by atoms with Crippen molar-refractivity contribution in [1.82, 2.24) is 9.13 Å². The highest BCUT2D eigenvalue weighted by Gasteiger charge is 2.21. The standard InChI is InChI=1S/C45H25N5/c1-48-30-22-23-37-38-25-29(27-46)21-24-44(38)50(45(37)26-30)43-20-10-16-33(39(43)28-47)31-11-2-3-12-32(31)34-13-4-7-17-40(34)49-41-18-8-5-14-35(41)36-15-6-9-19-42(36)49/h2-26H. The fourth-order valence-corrected chi connectivity index (χ4v) is 7.51. The van der Waals surface area contributed by atoms with E-state index >= 15 is 0 Å². The third-order valence-corrected chi connectivity index (χ3v) is 9.64. The summed E-state index contributed by atoms with van der Waals surface area (Å²) in [6, 6.07) is 55.7. The fraction of sp³-hybridized carbons (Fsp3) is 0. The Morgan fingerprint density at radius 3 is 1.70 bits per heavy atom. The van der Waals surface area contributed by atoms with Gasteiger partial charge in [0.1, 0.15) is 6.07 Å². The van der Waals surface area contributed by atoms with Gasteiger partial charge in [0.15, 0.2) is 5.69 Å². The summed E-state index contributed by atoms with van der Waals surface area (Å²) in [6.45, 7) is 7.70. The van der Waals surface area contributed by atoms with Gasteiger partial charge < -0.3 is 9.13 Å². The van der Waals surface area contributed by atoms with Gasteiger partial charge in [-0.2, -0.15) is 10.5 Å². The molecule has 0 aliphatic carbocycles. The van der Waals surface area contributed by atoms with Crippen LogP contribution in [0, 0.1) is 29.2 Å². The maximum absolute atomic E-state index is 10.9. The van der Waals surface area contributed by atoms with E-state index in [-0.39, 0.29) is 0 Å². The number of aromatic nitrogens is 2. The molecule has 9 rings (SSSR count). The van der Waals surface area contributed by atoms with E-state index in [1.54, 1.807) is 12.1 Å². The average Bonchev–Trinajstić information content (AvgIpc) is 3.69. The minimum Gasteiger partial charge on any atom is -0.309 e. The molecule has 2 heterocycles. The summed E-state index contributed by atoms with van der Waals surface area (Å²) >= 11 is 0. The van der Waals surface area contributed by atoms with Crippen LogP contribution < -0.4 is 0 Å². The highest BCUT2D eigenvalue weighted by atomic mass is 15.0. The van der Waals surface area contributed by atoms with Gasteiger partial charge in [0.05, 0.1) is 51.7 Å². The Morgan fingerprint density at radius 2 is 1.00 bits per heavy atom. The third-order valence-electron chi connectivity index (χ3n) is 9.64. The van der Waals surface area contributed by atoms with Crippen LogP contribution in [0.5, 0.6) is 0 Å². The largest absolute Gasteiger partial charge is 0.309 e. The topological polar surface area (TPSA) is 61.8 Å². The lowest BCUT2D eigenvalue weighted by Gasteiger charge is -2.19. The molecule has 2 aromatic heterocycles. The summed E-state index contributed by atoms with van der Waals surface area (Å²) in [7, 11) is 0. The van der Waals surface area contributed by atoms with Gasteiger partial charge >= 0.3 is 0 Å². The maximum atomic E-state index is 10.9. The van der Waals surface area contributed by atoms with Crippen LogP contribution in [-0.2, 0) is 0 Å². The van der Waals surface area contributed by atoms with Gasteiger partial charge in [0, 0.05) is 38.2 Å². The van der Waals surface area contributed by atoms with Crippen molar-refractivity contribution in [2.75, 3.05) is 0 Å². The van der Waals surface area contributed by atoms with Crippen LogP contribution in [0.4, 0.5) is 5.69 Å². The summed E-state index contributed by atoms with van der Waals surface area (Å²) in [5.74, 6) is 0. The monoisotopic (exact) mass is 635 g/mol.